The largest absolute Gasteiger partial charge is 0.335 e. The van der Waals surface area contributed by atoms with Crippen LogP contribution in [0, 0.1) is 0 Å². The van der Waals surface area contributed by atoms with E-state index in [2.05, 4.69) is 10.5 Å². The molecule has 0 aliphatic heterocycles. The molecule has 0 radical (unpaired) electrons. The molecule has 0 saturated heterocycles. The predicted octanol–water partition coefficient (Wildman–Crippen LogP) is 0.302. The summed E-state index contributed by atoms with van der Waals surface area (Å²) in [5, 5.41) is 0. The Hall–Kier alpha value is -1.40. The van der Waals surface area contributed by atoms with Crippen LogP contribution in [-0.2, 0) is 11.4 Å². The number of rotatable bonds is 4. The van der Waals surface area contributed by atoms with Crippen LogP contribution in [0.5, 0.6) is 0 Å². The lowest BCUT2D eigenvalue weighted by Gasteiger charge is -2.18. The standard InChI is InChI=1S/C10H18N4O2/c1-10(2,3)16-13-9(15)8-6-14(5-4-11)7-12-8/h6-7H,4-5,11H2,1-3H3,(H,13,15). The summed E-state index contributed by atoms with van der Waals surface area (Å²) in [6.07, 6.45) is 3.20. The number of hydroxylamine groups is 1. The molecular weight excluding hydrogens is 208 g/mol. The molecule has 0 aliphatic carbocycles. The van der Waals surface area contributed by atoms with E-state index < -0.39 is 5.60 Å². The second-order valence-corrected chi connectivity index (χ2v) is 4.43. The van der Waals surface area contributed by atoms with E-state index in [1.165, 1.54) is 0 Å². The molecular formula is C10H18N4O2. The van der Waals surface area contributed by atoms with E-state index >= 15 is 0 Å². The van der Waals surface area contributed by atoms with Crippen LogP contribution >= 0.6 is 0 Å². The van der Waals surface area contributed by atoms with Crippen molar-refractivity contribution in [2.24, 2.45) is 5.73 Å². The minimum absolute atomic E-state index is 0.317. The molecule has 1 rings (SSSR count). The quantitative estimate of drug-likeness (QED) is 0.723. The fourth-order valence-electron chi connectivity index (χ4n) is 1.00. The molecule has 1 heterocycles. The third-order valence-electron chi connectivity index (χ3n) is 1.70. The van der Waals surface area contributed by atoms with Crippen molar-refractivity contribution >= 4 is 5.91 Å². The van der Waals surface area contributed by atoms with Crippen molar-refractivity contribution in [3.05, 3.63) is 18.2 Å². The Morgan fingerprint density at radius 1 is 1.62 bits per heavy atom. The first-order chi connectivity index (χ1) is 7.42. The summed E-state index contributed by atoms with van der Waals surface area (Å²) in [4.78, 5) is 20.7. The Kier molecular flexibility index (Phi) is 4.03. The number of carbonyl (C=O) groups is 1. The van der Waals surface area contributed by atoms with Gasteiger partial charge in [0.05, 0.1) is 11.9 Å². The molecule has 1 aromatic rings. The summed E-state index contributed by atoms with van der Waals surface area (Å²) < 4.78 is 1.76. The molecule has 0 aliphatic rings. The number of hydrogen-bond donors (Lipinski definition) is 2. The van der Waals surface area contributed by atoms with Crippen molar-refractivity contribution in [2.75, 3.05) is 6.54 Å². The van der Waals surface area contributed by atoms with E-state index in [4.69, 9.17) is 10.6 Å². The van der Waals surface area contributed by atoms with Gasteiger partial charge in [0.15, 0.2) is 0 Å². The molecule has 3 N–H and O–H groups in total. The fraction of sp³-hybridized carbons (Fsp3) is 0.600. The van der Waals surface area contributed by atoms with Gasteiger partial charge in [0.25, 0.3) is 5.91 Å². The van der Waals surface area contributed by atoms with Gasteiger partial charge in [-0.25, -0.2) is 10.5 Å². The first-order valence-electron chi connectivity index (χ1n) is 5.12. The van der Waals surface area contributed by atoms with Gasteiger partial charge in [-0.15, -0.1) is 0 Å². The molecule has 0 atom stereocenters. The predicted molar refractivity (Wildman–Crippen MR) is 59.6 cm³/mol. The Labute approximate surface area is 94.7 Å². The Balaban J connectivity index is 2.53. The second kappa shape index (κ2) is 5.09. The van der Waals surface area contributed by atoms with Crippen LogP contribution in [0.2, 0.25) is 0 Å². The molecule has 16 heavy (non-hydrogen) atoms. The molecule has 6 nitrogen and oxygen atoms in total. The first kappa shape index (κ1) is 12.7. The summed E-state index contributed by atoms with van der Waals surface area (Å²) in [6.45, 7) is 6.69. The summed E-state index contributed by atoms with van der Waals surface area (Å²) in [5.74, 6) is -0.356. The maximum absolute atomic E-state index is 11.6. The Morgan fingerprint density at radius 2 is 2.31 bits per heavy atom. The zero-order chi connectivity index (χ0) is 12.2. The smallest absolute Gasteiger partial charge is 0.295 e. The number of carbonyl (C=O) groups excluding carboxylic acids is 1. The molecule has 1 amide bonds. The van der Waals surface area contributed by atoms with E-state index in [0.717, 1.165) is 0 Å². The topological polar surface area (TPSA) is 82.2 Å². The van der Waals surface area contributed by atoms with Gasteiger partial charge in [-0.05, 0) is 20.8 Å². The van der Waals surface area contributed by atoms with Crippen molar-refractivity contribution in [2.45, 2.75) is 32.9 Å². The van der Waals surface area contributed by atoms with E-state index in [1.807, 2.05) is 20.8 Å². The van der Waals surface area contributed by atoms with Gasteiger partial charge in [-0.1, -0.05) is 0 Å². The first-order valence-corrected chi connectivity index (χ1v) is 5.12. The number of imidazole rings is 1. The zero-order valence-corrected chi connectivity index (χ0v) is 9.86. The van der Waals surface area contributed by atoms with Crippen LogP contribution in [0.25, 0.3) is 0 Å². The summed E-state index contributed by atoms with van der Waals surface area (Å²) in [6, 6.07) is 0. The van der Waals surface area contributed by atoms with E-state index in [0.29, 0.717) is 18.8 Å². The highest BCUT2D eigenvalue weighted by Crippen LogP contribution is 2.04. The van der Waals surface area contributed by atoms with Gasteiger partial charge in [0.2, 0.25) is 0 Å². The number of amides is 1. The molecule has 0 unspecified atom stereocenters. The fourth-order valence-corrected chi connectivity index (χ4v) is 1.00. The van der Waals surface area contributed by atoms with Crippen molar-refractivity contribution in [3.63, 3.8) is 0 Å². The molecule has 0 bridgehead atoms. The molecule has 0 saturated carbocycles. The Morgan fingerprint density at radius 3 is 2.88 bits per heavy atom. The van der Waals surface area contributed by atoms with Gasteiger partial charge in [-0.3, -0.25) is 9.63 Å². The number of hydrogen-bond acceptors (Lipinski definition) is 4. The molecule has 0 spiro atoms. The number of nitrogens with two attached hydrogens (primary N) is 1. The van der Waals surface area contributed by atoms with Gasteiger partial charge in [0.1, 0.15) is 5.69 Å². The van der Waals surface area contributed by atoms with Crippen LogP contribution < -0.4 is 11.2 Å². The average molecular weight is 226 g/mol. The van der Waals surface area contributed by atoms with Crippen LogP contribution in [0.1, 0.15) is 31.3 Å². The Bertz CT molecular complexity index is 354. The minimum atomic E-state index is -0.421. The third kappa shape index (κ3) is 4.00. The summed E-state index contributed by atoms with van der Waals surface area (Å²) >= 11 is 0. The highest BCUT2D eigenvalue weighted by molar-refractivity contribution is 5.91. The van der Waals surface area contributed by atoms with Crippen molar-refractivity contribution in [1.29, 1.82) is 0 Å². The van der Waals surface area contributed by atoms with E-state index in [-0.39, 0.29) is 5.91 Å². The van der Waals surface area contributed by atoms with Crippen LogP contribution in [0.15, 0.2) is 12.5 Å². The lowest BCUT2D eigenvalue weighted by Crippen LogP contribution is -2.33. The lowest BCUT2D eigenvalue weighted by atomic mass is 10.2. The molecule has 90 valence electrons. The highest BCUT2D eigenvalue weighted by atomic mass is 16.7. The molecule has 0 fully saturated rings. The summed E-state index contributed by atoms with van der Waals surface area (Å²) in [5.41, 5.74) is 7.63. The highest BCUT2D eigenvalue weighted by Gasteiger charge is 2.15. The molecule has 1 aromatic heterocycles. The van der Waals surface area contributed by atoms with Crippen molar-refractivity contribution in [3.8, 4) is 0 Å². The van der Waals surface area contributed by atoms with Crippen LogP contribution in [0.4, 0.5) is 0 Å². The maximum atomic E-state index is 11.6. The van der Waals surface area contributed by atoms with Gasteiger partial charge in [-0.2, -0.15) is 0 Å². The SMILES string of the molecule is CC(C)(C)ONC(=O)c1cn(CCN)cn1. The number of aromatic nitrogens is 2. The second-order valence-electron chi connectivity index (χ2n) is 4.43. The van der Waals surface area contributed by atoms with Gasteiger partial charge in [0, 0.05) is 19.3 Å². The molecule has 0 aromatic carbocycles. The number of nitrogens with zero attached hydrogens (tertiary/aromatic N) is 2. The van der Waals surface area contributed by atoms with Crippen molar-refractivity contribution < 1.29 is 9.63 Å². The minimum Gasteiger partial charge on any atom is -0.335 e. The van der Waals surface area contributed by atoms with Gasteiger partial charge >= 0.3 is 0 Å². The van der Waals surface area contributed by atoms with Crippen LogP contribution in [-0.4, -0.2) is 27.6 Å². The maximum Gasteiger partial charge on any atom is 0.295 e. The van der Waals surface area contributed by atoms with Crippen molar-refractivity contribution in [1.82, 2.24) is 15.0 Å². The average Bonchev–Trinajstić information content (AvgIpc) is 2.62. The van der Waals surface area contributed by atoms with Crippen LogP contribution in [0.3, 0.4) is 0 Å². The monoisotopic (exact) mass is 226 g/mol. The van der Waals surface area contributed by atoms with Gasteiger partial charge < -0.3 is 10.3 Å². The van der Waals surface area contributed by atoms with E-state index in [9.17, 15) is 4.79 Å². The summed E-state index contributed by atoms with van der Waals surface area (Å²) in [7, 11) is 0. The molecule has 6 heteroatoms. The van der Waals surface area contributed by atoms with E-state index in [1.54, 1.807) is 17.1 Å². The zero-order valence-electron chi connectivity index (χ0n) is 9.86. The number of nitrogens with one attached hydrogen (secondary N) is 1. The normalized spacial score (nSPS) is 11.5. The lowest BCUT2D eigenvalue weighted by molar-refractivity contribution is -0.0591. The third-order valence-corrected chi connectivity index (χ3v) is 1.70.